The van der Waals surface area contributed by atoms with E-state index in [-0.39, 0.29) is 12.5 Å². The van der Waals surface area contributed by atoms with Crippen molar-refractivity contribution in [2.75, 3.05) is 18.1 Å². The van der Waals surface area contributed by atoms with Crippen molar-refractivity contribution < 1.29 is 9.53 Å². The van der Waals surface area contributed by atoms with Crippen molar-refractivity contribution in [2.24, 2.45) is 0 Å². The molecule has 2 aromatic rings. The van der Waals surface area contributed by atoms with Crippen molar-refractivity contribution in [1.29, 1.82) is 0 Å². The second-order valence-corrected chi connectivity index (χ2v) is 5.29. The molecule has 1 aromatic carbocycles. The van der Waals surface area contributed by atoms with Gasteiger partial charge in [0.2, 0.25) is 0 Å². The quantitative estimate of drug-likeness (QED) is 0.847. The zero-order valence-electron chi connectivity index (χ0n) is 11.0. The van der Waals surface area contributed by atoms with Crippen LogP contribution in [0, 0.1) is 0 Å². The molecule has 1 aliphatic rings. The van der Waals surface area contributed by atoms with Crippen LogP contribution in [-0.4, -0.2) is 24.0 Å². The molecule has 0 spiro atoms. The van der Waals surface area contributed by atoms with Gasteiger partial charge in [-0.25, -0.2) is 4.98 Å². The van der Waals surface area contributed by atoms with Crippen molar-refractivity contribution in [2.45, 2.75) is 6.92 Å². The highest BCUT2D eigenvalue weighted by atomic mass is 79.9. The lowest BCUT2D eigenvalue weighted by Gasteiger charge is -2.28. The molecule has 0 aliphatic carbocycles. The Bertz CT molecular complexity index is 658. The van der Waals surface area contributed by atoms with Crippen LogP contribution in [0.2, 0.25) is 0 Å². The first-order valence-electron chi connectivity index (χ1n) is 6.40. The van der Waals surface area contributed by atoms with Gasteiger partial charge in [0.25, 0.3) is 5.91 Å². The van der Waals surface area contributed by atoms with E-state index in [1.807, 2.05) is 43.3 Å². The average molecular weight is 333 g/mol. The standard InChI is InChI=1S/C15H13BrN2O2/c1-2-18-13(19)9-20-12-8-11(16)14(17-15(12)18)10-6-4-3-5-7-10/h3-8H,2,9H2,1H3. The Kier molecular flexibility index (Phi) is 3.44. The second kappa shape index (κ2) is 5.25. The molecule has 2 heterocycles. The van der Waals surface area contributed by atoms with Gasteiger partial charge in [-0.2, -0.15) is 0 Å². The van der Waals surface area contributed by atoms with E-state index in [4.69, 9.17) is 4.74 Å². The SMILES string of the molecule is CCN1C(=O)COc2cc(Br)c(-c3ccccc3)nc21. The number of anilines is 1. The molecule has 1 aliphatic heterocycles. The lowest BCUT2D eigenvalue weighted by Crippen LogP contribution is -2.39. The molecule has 3 rings (SSSR count). The molecule has 1 amide bonds. The van der Waals surface area contributed by atoms with Gasteiger partial charge < -0.3 is 4.74 Å². The number of carbonyl (C=O) groups excluding carboxylic acids is 1. The topological polar surface area (TPSA) is 42.4 Å². The Balaban J connectivity index is 2.15. The average Bonchev–Trinajstić information content (AvgIpc) is 2.48. The molecule has 0 atom stereocenters. The Labute approximate surface area is 125 Å². The van der Waals surface area contributed by atoms with Crippen molar-refractivity contribution in [3.05, 3.63) is 40.9 Å². The van der Waals surface area contributed by atoms with Gasteiger partial charge in [-0.15, -0.1) is 0 Å². The first-order valence-corrected chi connectivity index (χ1v) is 7.19. The summed E-state index contributed by atoms with van der Waals surface area (Å²) in [6.07, 6.45) is 0. The maximum atomic E-state index is 11.9. The van der Waals surface area contributed by atoms with Crippen LogP contribution in [0.5, 0.6) is 5.75 Å². The number of benzene rings is 1. The van der Waals surface area contributed by atoms with Crippen LogP contribution in [0.1, 0.15) is 6.92 Å². The fourth-order valence-corrected chi connectivity index (χ4v) is 2.75. The van der Waals surface area contributed by atoms with Crippen LogP contribution in [0.15, 0.2) is 40.9 Å². The van der Waals surface area contributed by atoms with Crippen molar-refractivity contribution in [3.63, 3.8) is 0 Å². The molecule has 0 bridgehead atoms. The molecular weight excluding hydrogens is 320 g/mol. The van der Waals surface area contributed by atoms with Crippen LogP contribution >= 0.6 is 15.9 Å². The number of amides is 1. The Morgan fingerprint density at radius 1 is 1.35 bits per heavy atom. The third kappa shape index (κ3) is 2.18. The fourth-order valence-electron chi connectivity index (χ4n) is 2.22. The number of rotatable bonds is 2. The summed E-state index contributed by atoms with van der Waals surface area (Å²) in [6.45, 7) is 2.58. The minimum absolute atomic E-state index is 0.0613. The van der Waals surface area contributed by atoms with E-state index >= 15 is 0 Å². The number of fused-ring (bicyclic) bond motifs is 1. The molecule has 4 nitrogen and oxygen atoms in total. The lowest BCUT2D eigenvalue weighted by atomic mass is 10.1. The van der Waals surface area contributed by atoms with E-state index in [0.717, 1.165) is 15.7 Å². The minimum atomic E-state index is -0.0613. The van der Waals surface area contributed by atoms with Crippen LogP contribution in [-0.2, 0) is 4.79 Å². The first-order chi connectivity index (χ1) is 9.70. The summed E-state index contributed by atoms with van der Waals surface area (Å²) in [5.41, 5.74) is 1.80. The smallest absolute Gasteiger partial charge is 0.266 e. The summed E-state index contributed by atoms with van der Waals surface area (Å²) < 4.78 is 6.31. The van der Waals surface area contributed by atoms with E-state index in [1.165, 1.54) is 0 Å². The molecule has 5 heteroatoms. The third-order valence-corrected chi connectivity index (χ3v) is 3.80. The summed E-state index contributed by atoms with van der Waals surface area (Å²) in [4.78, 5) is 18.1. The minimum Gasteiger partial charge on any atom is -0.480 e. The Hall–Kier alpha value is -1.88. The van der Waals surface area contributed by atoms with Crippen LogP contribution in [0.4, 0.5) is 5.82 Å². The van der Waals surface area contributed by atoms with Gasteiger partial charge in [0.1, 0.15) is 0 Å². The number of hydrogen-bond donors (Lipinski definition) is 0. The number of halogens is 1. The highest BCUT2D eigenvalue weighted by Gasteiger charge is 2.27. The predicted molar refractivity (Wildman–Crippen MR) is 80.9 cm³/mol. The third-order valence-electron chi connectivity index (χ3n) is 3.19. The summed E-state index contributed by atoms with van der Waals surface area (Å²) >= 11 is 3.52. The number of pyridine rings is 1. The van der Waals surface area contributed by atoms with Crippen molar-refractivity contribution in [1.82, 2.24) is 4.98 Å². The monoisotopic (exact) mass is 332 g/mol. The Morgan fingerprint density at radius 2 is 2.10 bits per heavy atom. The molecule has 20 heavy (non-hydrogen) atoms. The molecule has 0 saturated carbocycles. The molecular formula is C15H13BrN2O2. The van der Waals surface area contributed by atoms with Gasteiger partial charge >= 0.3 is 0 Å². The normalized spacial score (nSPS) is 13.9. The van der Waals surface area contributed by atoms with Crippen LogP contribution in [0.3, 0.4) is 0 Å². The molecule has 0 fully saturated rings. The zero-order chi connectivity index (χ0) is 14.1. The van der Waals surface area contributed by atoms with Crippen LogP contribution in [0.25, 0.3) is 11.3 Å². The lowest BCUT2D eigenvalue weighted by molar-refractivity contribution is -0.121. The summed E-state index contributed by atoms with van der Waals surface area (Å²) in [7, 11) is 0. The number of carbonyl (C=O) groups is 1. The van der Waals surface area contributed by atoms with Gasteiger partial charge in [0, 0.05) is 22.6 Å². The summed E-state index contributed by atoms with van der Waals surface area (Å²) in [5.74, 6) is 1.16. The maximum Gasteiger partial charge on any atom is 0.266 e. The summed E-state index contributed by atoms with van der Waals surface area (Å²) in [5, 5.41) is 0. The number of nitrogens with zero attached hydrogens (tertiary/aromatic N) is 2. The number of likely N-dealkylation sites (N-methyl/N-ethyl adjacent to an activating group) is 1. The predicted octanol–water partition coefficient (Wildman–Crippen LogP) is 3.26. The van der Waals surface area contributed by atoms with E-state index in [0.29, 0.717) is 18.1 Å². The number of hydrogen-bond acceptors (Lipinski definition) is 3. The highest BCUT2D eigenvalue weighted by Crippen LogP contribution is 2.37. The van der Waals surface area contributed by atoms with E-state index in [2.05, 4.69) is 20.9 Å². The first kappa shape index (κ1) is 13.1. The molecule has 0 unspecified atom stereocenters. The van der Waals surface area contributed by atoms with Gasteiger partial charge in [0.05, 0.1) is 5.69 Å². The fraction of sp³-hybridized carbons (Fsp3) is 0.200. The van der Waals surface area contributed by atoms with Crippen molar-refractivity contribution in [3.8, 4) is 17.0 Å². The molecule has 1 aromatic heterocycles. The number of aromatic nitrogens is 1. The summed E-state index contributed by atoms with van der Waals surface area (Å²) in [6, 6.07) is 11.7. The van der Waals surface area contributed by atoms with E-state index in [1.54, 1.807) is 4.90 Å². The highest BCUT2D eigenvalue weighted by molar-refractivity contribution is 9.10. The van der Waals surface area contributed by atoms with Crippen LogP contribution < -0.4 is 9.64 Å². The van der Waals surface area contributed by atoms with Gasteiger partial charge in [-0.05, 0) is 22.9 Å². The largest absolute Gasteiger partial charge is 0.480 e. The van der Waals surface area contributed by atoms with Gasteiger partial charge in [-0.1, -0.05) is 30.3 Å². The van der Waals surface area contributed by atoms with Gasteiger partial charge in [-0.3, -0.25) is 9.69 Å². The maximum absolute atomic E-state index is 11.9. The second-order valence-electron chi connectivity index (χ2n) is 4.43. The molecule has 102 valence electrons. The molecule has 0 N–H and O–H groups in total. The molecule has 0 radical (unpaired) electrons. The number of ether oxygens (including phenoxy) is 1. The molecule has 0 saturated heterocycles. The van der Waals surface area contributed by atoms with E-state index < -0.39 is 0 Å². The van der Waals surface area contributed by atoms with E-state index in [9.17, 15) is 4.79 Å². The Morgan fingerprint density at radius 3 is 2.80 bits per heavy atom. The van der Waals surface area contributed by atoms with Gasteiger partial charge in [0.15, 0.2) is 18.2 Å². The zero-order valence-corrected chi connectivity index (χ0v) is 12.6. The van der Waals surface area contributed by atoms with Crippen molar-refractivity contribution >= 4 is 27.7 Å².